The molecule has 0 amide bonds. The van der Waals surface area contributed by atoms with Crippen LogP contribution in [0.15, 0.2) is 34.5 Å². The molecule has 5 nitrogen and oxygen atoms in total. The number of aromatic nitrogens is 1. The van der Waals surface area contributed by atoms with Crippen molar-refractivity contribution in [3.63, 3.8) is 0 Å². The molecule has 7 heteroatoms. The first-order chi connectivity index (χ1) is 12.4. The fourth-order valence-electron chi connectivity index (χ4n) is 3.98. The summed E-state index contributed by atoms with van der Waals surface area (Å²) in [6.45, 7) is 4.90. The molecule has 2 aromatic rings. The van der Waals surface area contributed by atoms with E-state index in [1.807, 2.05) is 12.1 Å². The van der Waals surface area contributed by atoms with Crippen molar-refractivity contribution in [2.24, 2.45) is 5.41 Å². The Balaban J connectivity index is 1.42. The molecular formula is C19H24N2O3S2. The second-order valence-corrected chi connectivity index (χ2v) is 10.4. The first-order valence-electron chi connectivity index (χ1n) is 8.99. The van der Waals surface area contributed by atoms with E-state index < -0.39 is 9.84 Å². The Morgan fingerprint density at radius 1 is 1.27 bits per heavy atom. The number of thiazole rings is 1. The van der Waals surface area contributed by atoms with Crippen LogP contribution in [0, 0.1) is 5.41 Å². The number of likely N-dealkylation sites (tertiary alicyclic amines) is 1. The molecule has 0 N–H and O–H groups in total. The Bertz CT molecular complexity index is 868. The zero-order valence-corrected chi connectivity index (χ0v) is 16.6. The zero-order chi connectivity index (χ0) is 18.2. The number of benzene rings is 1. The third-order valence-electron chi connectivity index (χ3n) is 5.39. The van der Waals surface area contributed by atoms with Crippen molar-refractivity contribution in [1.82, 2.24) is 9.88 Å². The Kier molecular flexibility index (Phi) is 4.90. The molecule has 1 spiro atoms. The lowest BCUT2D eigenvalue weighted by molar-refractivity contribution is -0.00252. The van der Waals surface area contributed by atoms with Crippen molar-refractivity contribution in [3.8, 4) is 10.6 Å². The highest BCUT2D eigenvalue weighted by Gasteiger charge is 2.39. The Hall–Kier alpha value is -1.28. The Morgan fingerprint density at radius 2 is 2.08 bits per heavy atom. The number of hydrogen-bond donors (Lipinski definition) is 0. The summed E-state index contributed by atoms with van der Waals surface area (Å²) in [5.74, 6) is 0. The summed E-state index contributed by atoms with van der Waals surface area (Å²) in [5.41, 5.74) is 2.41. The van der Waals surface area contributed by atoms with Gasteiger partial charge >= 0.3 is 0 Å². The number of sulfone groups is 1. The van der Waals surface area contributed by atoms with E-state index in [0.29, 0.717) is 10.3 Å². The summed E-state index contributed by atoms with van der Waals surface area (Å²) in [7, 11) is -3.16. The third kappa shape index (κ3) is 3.86. The van der Waals surface area contributed by atoms with Crippen molar-refractivity contribution in [1.29, 1.82) is 0 Å². The zero-order valence-electron chi connectivity index (χ0n) is 15.0. The van der Waals surface area contributed by atoms with Gasteiger partial charge in [-0.15, -0.1) is 11.3 Å². The summed E-state index contributed by atoms with van der Waals surface area (Å²) in [6, 6.07) is 6.98. The van der Waals surface area contributed by atoms with Crippen LogP contribution in [0.25, 0.3) is 10.6 Å². The predicted octanol–water partition coefficient (Wildman–Crippen LogP) is 3.22. The summed E-state index contributed by atoms with van der Waals surface area (Å²) in [4.78, 5) is 7.59. The molecule has 1 aromatic heterocycles. The van der Waals surface area contributed by atoms with Gasteiger partial charge in [0.15, 0.2) is 9.84 Å². The molecule has 2 fully saturated rings. The van der Waals surface area contributed by atoms with E-state index in [2.05, 4.69) is 10.3 Å². The molecule has 4 rings (SSSR count). The molecule has 26 heavy (non-hydrogen) atoms. The second-order valence-electron chi connectivity index (χ2n) is 7.56. The van der Waals surface area contributed by atoms with Crippen molar-refractivity contribution in [2.75, 3.05) is 32.6 Å². The van der Waals surface area contributed by atoms with Crippen LogP contribution >= 0.6 is 11.3 Å². The average molecular weight is 393 g/mol. The standard InChI is InChI=1S/C19H24N2O3S2/c1-26(22,23)17-5-3-15(4-6-17)18-20-16(12-25-18)11-21-9-8-19(13-21)7-2-10-24-14-19/h3-6,12H,2,7-11,13-14H2,1H3. The van der Waals surface area contributed by atoms with Gasteiger partial charge in [0.25, 0.3) is 0 Å². The lowest BCUT2D eigenvalue weighted by Crippen LogP contribution is -2.34. The quantitative estimate of drug-likeness (QED) is 0.800. The third-order valence-corrected chi connectivity index (χ3v) is 7.46. The van der Waals surface area contributed by atoms with Gasteiger partial charge < -0.3 is 4.74 Å². The van der Waals surface area contributed by atoms with Crippen LogP contribution in [0.5, 0.6) is 0 Å². The topological polar surface area (TPSA) is 59.5 Å². The van der Waals surface area contributed by atoms with Crippen LogP contribution in [-0.4, -0.2) is 50.9 Å². The molecule has 1 aromatic carbocycles. The largest absolute Gasteiger partial charge is 0.381 e. The molecule has 2 saturated heterocycles. The fourth-order valence-corrected chi connectivity index (χ4v) is 5.43. The maximum atomic E-state index is 11.6. The van der Waals surface area contributed by atoms with Gasteiger partial charge in [0.1, 0.15) is 5.01 Å². The maximum Gasteiger partial charge on any atom is 0.175 e. The molecule has 1 atom stereocenters. The highest BCUT2D eigenvalue weighted by molar-refractivity contribution is 7.90. The second kappa shape index (κ2) is 7.03. The van der Waals surface area contributed by atoms with E-state index in [1.54, 1.807) is 23.5 Å². The van der Waals surface area contributed by atoms with E-state index >= 15 is 0 Å². The van der Waals surface area contributed by atoms with Gasteiger partial charge in [0, 0.05) is 42.3 Å². The minimum Gasteiger partial charge on any atom is -0.381 e. The van der Waals surface area contributed by atoms with Gasteiger partial charge in [-0.1, -0.05) is 12.1 Å². The summed E-state index contributed by atoms with van der Waals surface area (Å²) in [5, 5.41) is 3.05. The normalized spacial score (nSPS) is 24.3. The van der Waals surface area contributed by atoms with Crippen LogP contribution in [0.1, 0.15) is 25.0 Å². The molecule has 1 unspecified atom stereocenters. The van der Waals surface area contributed by atoms with Crippen molar-refractivity contribution in [3.05, 3.63) is 35.3 Å². The van der Waals surface area contributed by atoms with E-state index in [0.717, 1.165) is 49.1 Å². The summed E-state index contributed by atoms with van der Waals surface area (Å²) in [6.07, 6.45) is 4.90. The summed E-state index contributed by atoms with van der Waals surface area (Å²) < 4.78 is 28.9. The average Bonchev–Trinajstić information content (AvgIpc) is 3.23. The van der Waals surface area contributed by atoms with Gasteiger partial charge in [-0.25, -0.2) is 13.4 Å². The molecular weight excluding hydrogens is 368 g/mol. The minimum absolute atomic E-state index is 0.343. The lowest BCUT2D eigenvalue weighted by Gasteiger charge is -2.33. The molecule has 3 heterocycles. The lowest BCUT2D eigenvalue weighted by atomic mass is 9.82. The van der Waals surface area contributed by atoms with Crippen molar-refractivity contribution >= 4 is 21.2 Å². The highest BCUT2D eigenvalue weighted by Crippen LogP contribution is 2.38. The van der Waals surface area contributed by atoms with Gasteiger partial charge in [0.2, 0.25) is 0 Å². The van der Waals surface area contributed by atoms with E-state index in [1.165, 1.54) is 25.5 Å². The van der Waals surface area contributed by atoms with Gasteiger partial charge in [-0.2, -0.15) is 0 Å². The first-order valence-corrected chi connectivity index (χ1v) is 11.8. The fraction of sp³-hybridized carbons (Fsp3) is 0.526. The summed E-state index contributed by atoms with van der Waals surface area (Å²) >= 11 is 1.61. The van der Waals surface area contributed by atoms with Crippen LogP contribution in [-0.2, 0) is 21.1 Å². The number of nitrogens with zero attached hydrogens (tertiary/aromatic N) is 2. The van der Waals surface area contributed by atoms with Crippen molar-refractivity contribution in [2.45, 2.75) is 30.7 Å². The molecule has 2 aliphatic rings. The van der Waals surface area contributed by atoms with Crippen LogP contribution in [0.2, 0.25) is 0 Å². The van der Waals surface area contributed by atoms with Gasteiger partial charge in [-0.3, -0.25) is 4.90 Å². The molecule has 2 aliphatic heterocycles. The molecule has 0 radical (unpaired) electrons. The van der Waals surface area contributed by atoms with E-state index in [4.69, 9.17) is 9.72 Å². The molecule has 0 aliphatic carbocycles. The molecule has 140 valence electrons. The monoisotopic (exact) mass is 392 g/mol. The minimum atomic E-state index is -3.16. The van der Waals surface area contributed by atoms with Crippen LogP contribution in [0.4, 0.5) is 0 Å². The van der Waals surface area contributed by atoms with E-state index in [-0.39, 0.29) is 0 Å². The van der Waals surface area contributed by atoms with Gasteiger partial charge in [-0.05, 0) is 37.9 Å². The highest BCUT2D eigenvalue weighted by atomic mass is 32.2. The van der Waals surface area contributed by atoms with Crippen LogP contribution < -0.4 is 0 Å². The Morgan fingerprint density at radius 3 is 2.77 bits per heavy atom. The smallest absolute Gasteiger partial charge is 0.175 e. The van der Waals surface area contributed by atoms with E-state index in [9.17, 15) is 8.42 Å². The number of ether oxygens (including phenoxy) is 1. The Labute approximate surface area is 158 Å². The molecule has 0 bridgehead atoms. The first kappa shape index (κ1) is 18.1. The predicted molar refractivity (Wildman–Crippen MR) is 103 cm³/mol. The SMILES string of the molecule is CS(=O)(=O)c1ccc(-c2nc(CN3CCC4(CCCOC4)C3)cs2)cc1. The van der Waals surface area contributed by atoms with Crippen molar-refractivity contribution < 1.29 is 13.2 Å². The van der Waals surface area contributed by atoms with Crippen LogP contribution in [0.3, 0.4) is 0 Å². The number of rotatable bonds is 4. The maximum absolute atomic E-state index is 11.6. The van der Waals surface area contributed by atoms with Gasteiger partial charge in [0.05, 0.1) is 17.2 Å². The number of hydrogen-bond acceptors (Lipinski definition) is 6. The molecule has 0 saturated carbocycles.